The van der Waals surface area contributed by atoms with E-state index in [0.717, 1.165) is 50.8 Å². The number of nitrogens with zero attached hydrogens (tertiary/aromatic N) is 3. The molecule has 0 unspecified atom stereocenters. The molecular formula is C39H38BrN3O5. The standard InChI is InChI=1S/C39H38BrN3O5/c1-39(2,3)48-38(45)42-18-15-26(16-19-42)28-13-14-34-31(21-28)30(17-20-46-4)32-22-35(27-11-9-25(23-41)10-12-27)47-36(32)37(44)43(34)24-29-7-5-6-8-33(29)40/h5-14,17,21-22,26H,15-16,18-20,24H2,1-4H3/b30-17+. The van der Waals surface area contributed by atoms with Crippen molar-refractivity contribution in [3.63, 3.8) is 0 Å². The molecule has 2 amide bonds. The molecule has 48 heavy (non-hydrogen) atoms. The number of halogens is 1. The first-order chi connectivity index (χ1) is 23.1. The van der Waals surface area contributed by atoms with E-state index in [0.29, 0.717) is 43.1 Å². The molecule has 1 saturated heterocycles. The first kappa shape index (κ1) is 33.3. The molecule has 0 radical (unpaired) electrons. The maximum atomic E-state index is 14.5. The van der Waals surface area contributed by atoms with Crippen molar-refractivity contribution >= 4 is 39.2 Å². The lowest BCUT2D eigenvalue weighted by molar-refractivity contribution is 0.0204. The van der Waals surface area contributed by atoms with Gasteiger partial charge in [-0.3, -0.25) is 4.79 Å². The number of ether oxygens (including phenoxy) is 2. The van der Waals surface area contributed by atoms with Gasteiger partial charge >= 0.3 is 6.09 Å². The number of anilines is 1. The van der Waals surface area contributed by atoms with Gasteiger partial charge in [-0.05, 0) is 105 Å². The molecule has 4 aromatic rings. The van der Waals surface area contributed by atoms with Gasteiger partial charge in [0.05, 0.1) is 30.5 Å². The number of likely N-dealkylation sites (tertiary alicyclic amines) is 1. The zero-order valence-electron chi connectivity index (χ0n) is 27.6. The monoisotopic (exact) mass is 707 g/mol. The molecule has 0 atom stereocenters. The highest BCUT2D eigenvalue weighted by molar-refractivity contribution is 9.10. The van der Waals surface area contributed by atoms with Gasteiger partial charge in [0.25, 0.3) is 5.91 Å². The largest absolute Gasteiger partial charge is 0.450 e. The van der Waals surface area contributed by atoms with Gasteiger partial charge in [-0.1, -0.05) is 46.3 Å². The van der Waals surface area contributed by atoms with Crippen molar-refractivity contribution in [2.45, 2.75) is 51.7 Å². The Hall–Kier alpha value is -4.65. The molecule has 246 valence electrons. The third kappa shape index (κ3) is 6.96. The molecule has 6 rings (SSSR count). The molecule has 1 aromatic heterocycles. The minimum absolute atomic E-state index is 0.228. The third-order valence-corrected chi connectivity index (χ3v) is 9.49. The SMILES string of the molecule is COC/C=C1\c2cc(C3CCN(C(=O)OC(C)(C)C)CC3)ccc2N(Cc2ccccc2Br)C(=O)c2oc(-c3ccc(C#N)cc3)cc21. The second-order valence-corrected chi connectivity index (χ2v) is 14.0. The predicted molar refractivity (Wildman–Crippen MR) is 189 cm³/mol. The number of piperidine rings is 1. The molecular weight excluding hydrogens is 670 g/mol. The van der Waals surface area contributed by atoms with E-state index in [9.17, 15) is 14.9 Å². The van der Waals surface area contributed by atoms with Gasteiger partial charge in [0.1, 0.15) is 11.4 Å². The average molecular weight is 709 g/mol. The minimum atomic E-state index is -0.541. The van der Waals surface area contributed by atoms with Crippen molar-refractivity contribution < 1.29 is 23.5 Å². The van der Waals surface area contributed by atoms with Gasteiger partial charge in [0.2, 0.25) is 5.76 Å². The molecule has 3 aromatic carbocycles. The zero-order valence-corrected chi connectivity index (χ0v) is 29.2. The topological polar surface area (TPSA) is 96.0 Å². The van der Waals surface area contributed by atoms with Crippen molar-refractivity contribution in [2.75, 3.05) is 31.7 Å². The van der Waals surface area contributed by atoms with Gasteiger partial charge in [0, 0.05) is 41.4 Å². The fourth-order valence-electron chi connectivity index (χ4n) is 6.30. The number of nitriles is 1. The molecule has 8 nitrogen and oxygen atoms in total. The Morgan fingerprint density at radius 1 is 1.04 bits per heavy atom. The summed E-state index contributed by atoms with van der Waals surface area (Å²) in [4.78, 5) is 30.8. The minimum Gasteiger partial charge on any atom is -0.450 e. The van der Waals surface area contributed by atoms with Crippen molar-refractivity contribution in [3.8, 4) is 17.4 Å². The summed E-state index contributed by atoms with van der Waals surface area (Å²) in [7, 11) is 1.65. The van der Waals surface area contributed by atoms with E-state index in [1.165, 1.54) is 0 Å². The van der Waals surface area contributed by atoms with Crippen LogP contribution in [0.15, 0.2) is 87.8 Å². The van der Waals surface area contributed by atoms with Crippen molar-refractivity contribution in [3.05, 3.63) is 117 Å². The van der Waals surface area contributed by atoms with E-state index in [2.05, 4.69) is 34.1 Å². The van der Waals surface area contributed by atoms with Gasteiger partial charge < -0.3 is 23.7 Å². The number of rotatable bonds is 6. The number of hydrogen-bond donors (Lipinski definition) is 0. The maximum absolute atomic E-state index is 14.5. The maximum Gasteiger partial charge on any atom is 0.410 e. The Balaban J connectivity index is 1.43. The summed E-state index contributed by atoms with van der Waals surface area (Å²) in [5.74, 6) is 0.760. The number of furan rings is 1. The lowest BCUT2D eigenvalue weighted by atomic mass is 9.86. The molecule has 1 fully saturated rings. The lowest BCUT2D eigenvalue weighted by Crippen LogP contribution is -2.41. The van der Waals surface area contributed by atoms with Gasteiger partial charge in [0.15, 0.2) is 0 Å². The summed E-state index contributed by atoms with van der Waals surface area (Å²) in [6.45, 7) is 7.51. The first-order valence-electron chi connectivity index (χ1n) is 16.1. The summed E-state index contributed by atoms with van der Waals surface area (Å²) in [6.07, 6.45) is 3.32. The van der Waals surface area contributed by atoms with Crippen LogP contribution in [0.2, 0.25) is 0 Å². The number of amides is 2. The Kier molecular flexibility index (Phi) is 9.58. The number of methoxy groups -OCH3 is 1. The van der Waals surface area contributed by atoms with E-state index in [-0.39, 0.29) is 23.7 Å². The van der Waals surface area contributed by atoms with Crippen LogP contribution in [0.25, 0.3) is 16.9 Å². The Morgan fingerprint density at radius 3 is 2.44 bits per heavy atom. The molecule has 2 aliphatic heterocycles. The van der Waals surface area contributed by atoms with E-state index in [1.54, 1.807) is 29.0 Å². The molecule has 9 heteroatoms. The smallest absolute Gasteiger partial charge is 0.410 e. The molecule has 0 saturated carbocycles. The summed E-state index contributed by atoms with van der Waals surface area (Å²) in [5.41, 5.74) is 6.09. The van der Waals surface area contributed by atoms with Crippen LogP contribution in [-0.2, 0) is 16.0 Å². The fraction of sp³-hybridized carbons (Fsp3) is 0.308. The van der Waals surface area contributed by atoms with E-state index < -0.39 is 5.60 Å². The lowest BCUT2D eigenvalue weighted by Gasteiger charge is -2.34. The zero-order chi connectivity index (χ0) is 34.0. The van der Waals surface area contributed by atoms with Crippen molar-refractivity contribution in [2.24, 2.45) is 0 Å². The number of fused-ring (bicyclic) bond motifs is 2. The molecule has 2 aliphatic rings. The van der Waals surface area contributed by atoms with Crippen molar-refractivity contribution in [1.29, 1.82) is 5.26 Å². The quantitative estimate of drug-likeness (QED) is 0.199. The summed E-state index contributed by atoms with van der Waals surface area (Å²) in [5, 5.41) is 9.30. The summed E-state index contributed by atoms with van der Waals surface area (Å²) >= 11 is 3.67. The predicted octanol–water partition coefficient (Wildman–Crippen LogP) is 8.93. The molecule has 0 aliphatic carbocycles. The van der Waals surface area contributed by atoms with Crippen LogP contribution in [0.5, 0.6) is 0 Å². The van der Waals surface area contributed by atoms with Crippen LogP contribution in [0.3, 0.4) is 0 Å². The number of carbonyl (C=O) groups excluding carboxylic acids is 2. The Bertz CT molecular complexity index is 1910. The van der Waals surface area contributed by atoms with E-state index >= 15 is 0 Å². The second-order valence-electron chi connectivity index (χ2n) is 13.1. The van der Waals surface area contributed by atoms with Gasteiger partial charge in [-0.2, -0.15) is 5.26 Å². The molecule has 0 spiro atoms. The molecule has 0 N–H and O–H groups in total. The van der Waals surface area contributed by atoms with Crippen LogP contribution in [0.1, 0.15) is 77.9 Å². The number of hydrogen-bond acceptors (Lipinski definition) is 6. The van der Waals surface area contributed by atoms with Crippen LogP contribution in [0, 0.1) is 11.3 Å². The highest BCUT2D eigenvalue weighted by Gasteiger charge is 2.35. The van der Waals surface area contributed by atoms with Crippen LogP contribution in [-0.4, -0.2) is 49.3 Å². The van der Waals surface area contributed by atoms with Crippen LogP contribution in [0.4, 0.5) is 10.5 Å². The van der Waals surface area contributed by atoms with E-state index in [4.69, 9.17) is 13.9 Å². The molecule has 0 bridgehead atoms. The Labute approximate surface area is 289 Å². The molecule has 3 heterocycles. The highest BCUT2D eigenvalue weighted by atomic mass is 79.9. The Morgan fingerprint density at radius 2 is 1.77 bits per heavy atom. The normalized spacial score (nSPS) is 15.9. The van der Waals surface area contributed by atoms with Gasteiger partial charge in [-0.25, -0.2) is 4.79 Å². The van der Waals surface area contributed by atoms with Crippen molar-refractivity contribution in [1.82, 2.24) is 4.90 Å². The van der Waals surface area contributed by atoms with Crippen LogP contribution < -0.4 is 4.90 Å². The van der Waals surface area contributed by atoms with Gasteiger partial charge in [-0.15, -0.1) is 0 Å². The first-order valence-corrected chi connectivity index (χ1v) is 16.9. The summed E-state index contributed by atoms with van der Waals surface area (Å²) < 4.78 is 18.4. The second kappa shape index (κ2) is 13.8. The highest BCUT2D eigenvalue weighted by Crippen LogP contribution is 2.44. The fourth-order valence-corrected chi connectivity index (χ4v) is 6.71. The third-order valence-electron chi connectivity index (χ3n) is 8.72. The number of carbonyl (C=O) groups is 2. The average Bonchev–Trinajstić information content (AvgIpc) is 3.49. The number of benzene rings is 3. The van der Waals surface area contributed by atoms with Crippen LogP contribution >= 0.6 is 15.9 Å². The van der Waals surface area contributed by atoms with E-state index in [1.807, 2.05) is 75.4 Å². The summed E-state index contributed by atoms with van der Waals surface area (Å²) in [6, 6.07) is 25.4.